The van der Waals surface area contributed by atoms with Gasteiger partial charge in [0.2, 0.25) is 17.7 Å². The Kier molecular flexibility index (Phi) is 2.68. The molecule has 0 spiro atoms. The van der Waals surface area contributed by atoms with Crippen LogP contribution in [0.1, 0.15) is 12.8 Å². The number of carbonyl (C=O) groups excluding carboxylic acids is 3. The van der Waals surface area contributed by atoms with Gasteiger partial charge >= 0.3 is 0 Å². The smallest absolute Gasteiger partial charge is 0.249 e. The maximum absolute atomic E-state index is 11.5. The van der Waals surface area contributed by atoms with E-state index in [9.17, 15) is 14.4 Å². The molecule has 2 aliphatic rings. The highest BCUT2D eigenvalue weighted by Gasteiger charge is 2.34. The maximum Gasteiger partial charge on any atom is 0.249 e. The Bertz CT molecular complexity index is 316. The summed E-state index contributed by atoms with van der Waals surface area (Å²) in [5.74, 6) is -0.670. The van der Waals surface area contributed by atoms with E-state index in [1.807, 2.05) is 0 Å². The van der Waals surface area contributed by atoms with E-state index in [2.05, 4.69) is 10.6 Å². The van der Waals surface area contributed by atoms with Crippen LogP contribution in [0.15, 0.2) is 0 Å². The van der Waals surface area contributed by atoms with Crippen molar-refractivity contribution in [2.75, 3.05) is 19.6 Å². The molecule has 0 saturated carbocycles. The minimum absolute atomic E-state index is 0.0734. The van der Waals surface area contributed by atoms with E-state index in [-0.39, 0.29) is 24.3 Å². The summed E-state index contributed by atoms with van der Waals surface area (Å²) in [7, 11) is 0. The van der Waals surface area contributed by atoms with Crippen LogP contribution in [0.25, 0.3) is 0 Å². The van der Waals surface area contributed by atoms with Crippen molar-refractivity contribution in [3.8, 4) is 0 Å². The average Bonchev–Trinajstić information content (AvgIpc) is 2.20. The number of imide groups is 1. The standard InChI is InChI=1S/C9H13N3O3/c13-7-2-1-6(9(15)11-7)12-4-3-10-5-8(12)14/h6,10H,1-5H2,(H,11,13,15)/t6-/m1/s1. The molecule has 0 radical (unpaired) electrons. The van der Waals surface area contributed by atoms with E-state index in [1.54, 1.807) is 4.90 Å². The quantitative estimate of drug-likeness (QED) is 0.503. The van der Waals surface area contributed by atoms with Crippen molar-refractivity contribution in [1.82, 2.24) is 15.5 Å². The van der Waals surface area contributed by atoms with Crippen LogP contribution < -0.4 is 10.6 Å². The van der Waals surface area contributed by atoms with Crippen LogP contribution in [0.2, 0.25) is 0 Å². The first-order valence-corrected chi connectivity index (χ1v) is 5.02. The fraction of sp³-hybridized carbons (Fsp3) is 0.667. The Morgan fingerprint density at radius 1 is 1.27 bits per heavy atom. The fourth-order valence-electron chi connectivity index (χ4n) is 1.93. The molecule has 2 N–H and O–H groups in total. The van der Waals surface area contributed by atoms with Crippen molar-refractivity contribution in [3.05, 3.63) is 0 Å². The van der Waals surface area contributed by atoms with Gasteiger partial charge in [0, 0.05) is 19.5 Å². The number of piperidine rings is 1. The molecule has 1 atom stereocenters. The van der Waals surface area contributed by atoms with Crippen molar-refractivity contribution < 1.29 is 14.4 Å². The first-order chi connectivity index (χ1) is 7.18. The first kappa shape index (κ1) is 10.1. The molecule has 0 aromatic rings. The van der Waals surface area contributed by atoms with Gasteiger partial charge in [-0.15, -0.1) is 0 Å². The van der Waals surface area contributed by atoms with E-state index >= 15 is 0 Å². The Balaban J connectivity index is 2.05. The molecular formula is C9H13N3O3. The molecule has 6 heteroatoms. The minimum Gasteiger partial charge on any atom is -0.328 e. The molecule has 82 valence electrons. The highest BCUT2D eigenvalue weighted by Crippen LogP contribution is 2.13. The predicted octanol–water partition coefficient (Wildman–Crippen LogP) is -1.78. The molecule has 2 aliphatic heterocycles. The summed E-state index contributed by atoms with van der Waals surface area (Å²) in [6, 6.07) is -0.461. The third-order valence-electron chi connectivity index (χ3n) is 2.71. The zero-order chi connectivity index (χ0) is 10.8. The lowest BCUT2D eigenvalue weighted by Crippen LogP contribution is -2.59. The topological polar surface area (TPSA) is 78.5 Å². The second-order valence-electron chi connectivity index (χ2n) is 3.73. The maximum atomic E-state index is 11.5. The molecule has 3 amide bonds. The predicted molar refractivity (Wildman–Crippen MR) is 50.8 cm³/mol. The number of nitrogens with zero attached hydrogens (tertiary/aromatic N) is 1. The van der Waals surface area contributed by atoms with Gasteiger partial charge in [0.1, 0.15) is 6.04 Å². The van der Waals surface area contributed by atoms with Gasteiger partial charge in [-0.3, -0.25) is 19.7 Å². The van der Waals surface area contributed by atoms with Gasteiger partial charge in [0.15, 0.2) is 0 Å². The lowest BCUT2D eigenvalue weighted by molar-refractivity contribution is -0.146. The largest absolute Gasteiger partial charge is 0.328 e. The highest BCUT2D eigenvalue weighted by atomic mass is 16.2. The van der Waals surface area contributed by atoms with Crippen LogP contribution in [-0.2, 0) is 14.4 Å². The lowest BCUT2D eigenvalue weighted by atomic mass is 10.0. The van der Waals surface area contributed by atoms with Gasteiger partial charge < -0.3 is 10.2 Å². The Morgan fingerprint density at radius 3 is 2.73 bits per heavy atom. The molecular weight excluding hydrogens is 198 g/mol. The first-order valence-electron chi connectivity index (χ1n) is 5.02. The summed E-state index contributed by atoms with van der Waals surface area (Å²) in [6.07, 6.45) is 0.754. The molecule has 2 heterocycles. The molecule has 2 rings (SSSR count). The van der Waals surface area contributed by atoms with E-state index in [0.717, 1.165) is 0 Å². The normalized spacial score (nSPS) is 27.9. The van der Waals surface area contributed by atoms with Gasteiger partial charge in [-0.05, 0) is 6.42 Å². The van der Waals surface area contributed by atoms with Crippen LogP contribution in [-0.4, -0.2) is 48.3 Å². The SMILES string of the molecule is O=C1CC[C@@H](N2CCNCC2=O)C(=O)N1. The molecule has 0 aromatic carbocycles. The summed E-state index contributed by atoms with van der Waals surface area (Å²) in [4.78, 5) is 35.5. The lowest BCUT2D eigenvalue weighted by Gasteiger charge is -2.35. The average molecular weight is 211 g/mol. The molecule has 0 aliphatic carbocycles. The van der Waals surface area contributed by atoms with E-state index in [0.29, 0.717) is 25.9 Å². The molecule has 2 fully saturated rings. The van der Waals surface area contributed by atoms with Crippen LogP contribution >= 0.6 is 0 Å². The molecule has 15 heavy (non-hydrogen) atoms. The molecule has 0 aromatic heterocycles. The summed E-state index contributed by atoms with van der Waals surface area (Å²) in [5, 5.41) is 5.19. The third kappa shape index (κ3) is 1.99. The van der Waals surface area contributed by atoms with Gasteiger partial charge in [-0.2, -0.15) is 0 Å². The van der Waals surface area contributed by atoms with Crippen molar-refractivity contribution in [2.45, 2.75) is 18.9 Å². The van der Waals surface area contributed by atoms with Crippen molar-refractivity contribution in [1.29, 1.82) is 0 Å². The highest BCUT2D eigenvalue weighted by molar-refractivity contribution is 6.01. The van der Waals surface area contributed by atoms with Crippen LogP contribution in [0.4, 0.5) is 0 Å². The van der Waals surface area contributed by atoms with E-state index in [1.165, 1.54) is 0 Å². The summed E-state index contributed by atoms with van der Waals surface area (Å²) in [6.45, 7) is 1.51. The fourth-order valence-corrected chi connectivity index (χ4v) is 1.93. The second kappa shape index (κ2) is 3.98. The van der Waals surface area contributed by atoms with Crippen molar-refractivity contribution >= 4 is 17.7 Å². The minimum atomic E-state index is -0.461. The van der Waals surface area contributed by atoms with E-state index < -0.39 is 6.04 Å². The number of nitrogens with one attached hydrogen (secondary N) is 2. The molecule has 6 nitrogen and oxygen atoms in total. The zero-order valence-electron chi connectivity index (χ0n) is 8.28. The number of carbonyl (C=O) groups is 3. The van der Waals surface area contributed by atoms with Gasteiger partial charge in [-0.1, -0.05) is 0 Å². The van der Waals surface area contributed by atoms with Gasteiger partial charge in [-0.25, -0.2) is 0 Å². The van der Waals surface area contributed by atoms with Crippen LogP contribution in [0.3, 0.4) is 0 Å². The zero-order valence-corrected chi connectivity index (χ0v) is 8.28. The van der Waals surface area contributed by atoms with Crippen LogP contribution in [0.5, 0.6) is 0 Å². The number of hydrogen-bond acceptors (Lipinski definition) is 4. The third-order valence-corrected chi connectivity index (χ3v) is 2.71. The second-order valence-corrected chi connectivity index (χ2v) is 3.73. The molecule has 0 bridgehead atoms. The van der Waals surface area contributed by atoms with Crippen molar-refractivity contribution in [3.63, 3.8) is 0 Å². The summed E-state index contributed by atoms with van der Waals surface area (Å²) < 4.78 is 0. The number of amides is 3. The van der Waals surface area contributed by atoms with E-state index in [4.69, 9.17) is 0 Å². The van der Waals surface area contributed by atoms with Gasteiger partial charge in [0.05, 0.1) is 6.54 Å². The Morgan fingerprint density at radius 2 is 2.07 bits per heavy atom. The summed E-state index contributed by atoms with van der Waals surface area (Å²) in [5.41, 5.74) is 0. The Hall–Kier alpha value is -1.43. The number of piperazine rings is 1. The monoisotopic (exact) mass is 211 g/mol. The van der Waals surface area contributed by atoms with Crippen molar-refractivity contribution in [2.24, 2.45) is 0 Å². The number of hydrogen-bond donors (Lipinski definition) is 2. The van der Waals surface area contributed by atoms with Crippen LogP contribution in [0, 0.1) is 0 Å². The molecule has 2 saturated heterocycles. The molecule has 0 unspecified atom stereocenters. The van der Waals surface area contributed by atoms with Gasteiger partial charge in [0.25, 0.3) is 0 Å². The summed E-state index contributed by atoms with van der Waals surface area (Å²) >= 11 is 0. The Labute approximate surface area is 87.0 Å². The number of rotatable bonds is 1.